The SMILES string of the molecule is Cc1nc(CCOc2cc(C#N)ccc2-c2ncc(CCN)cn2)cc(OCCCC2(C)CCCCOC2)n1. The molecule has 0 saturated carbocycles. The molecular formula is C30H38N6O3. The third-order valence-electron chi connectivity index (χ3n) is 6.92. The third-order valence-corrected chi connectivity index (χ3v) is 6.92. The lowest BCUT2D eigenvalue weighted by atomic mass is 9.82. The number of ether oxygens (including phenoxy) is 3. The van der Waals surface area contributed by atoms with E-state index in [2.05, 4.69) is 32.9 Å². The van der Waals surface area contributed by atoms with Gasteiger partial charge in [0.2, 0.25) is 5.88 Å². The van der Waals surface area contributed by atoms with Crippen LogP contribution in [-0.2, 0) is 17.6 Å². The number of aryl methyl sites for hydroxylation is 1. The highest BCUT2D eigenvalue weighted by molar-refractivity contribution is 5.65. The first kappa shape index (κ1) is 28.4. The number of benzene rings is 1. The van der Waals surface area contributed by atoms with Gasteiger partial charge in [0.25, 0.3) is 0 Å². The quantitative estimate of drug-likeness (QED) is 0.334. The third kappa shape index (κ3) is 8.44. The summed E-state index contributed by atoms with van der Waals surface area (Å²) in [6, 6.07) is 9.30. The molecule has 0 bridgehead atoms. The van der Waals surface area contributed by atoms with E-state index in [1.807, 2.05) is 19.1 Å². The van der Waals surface area contributed by atoms with Crippen LogP contribution in [0.15, 0.2) is 36.7 Å². The summed E-state index contributed by atoms with van der Waals surface area (Å²) in [5.41, 5.74) is 8.89. The lowest BCUT2D eigenvalue weighted by Crippen LogP contribution is -2.22. The fourth-order valence-corrected chi connectivity index (χ4v) is 4.77. The van der Waals surface area contributed by atoms with Gasteiger partial charge in [-0.25, -0.2) is 15.0 Å². The fourth-order valence-electron chi connectivity index (χ4n) is 4.77. The van der Waals surface area contributed by atoms with Crippen molar-refractivity contribution in [2.75, 3.05) is 33.0 Å². The van der Waals surface area contributed by atoms with Gasteiger partial charge in [-0.1, -0.05) is 13.3 Å². The Morgan fingerprint density at radius 1 is 1.08 bits per heavy atom. The van der Waals surface area contributed by atoms with Gasteiger partial charge in [-0.2, -0.15) is 10.2 Å². The van der Waals surface area contributed by atoms with Crippen LogP contribution < -0.4 is 15.2 Å². The zero-order valence-corrected chi connectivity index (χ0v) is 23.0. The molecular weight excluding hydrogens is 492 g/mol. The normalized spacial score (nSPS) is 17.3. The first-order valence-corrected chi connectivity index (χ1v) is 13.7. The van der Waals surface area contributed by atoms with Crippen LogP contribution in [0.1, 0.15) is 61.7 Å². The van der Waals surface area contributed by atoms with Gasteiger partial charge in [0, 0.05) is 31.5 Å². The Hall–Kier alpha value is -3.61. The molecule has 0 radical (unpaired) electrons. The second-order valence-corrected chi connectivity index (χ2v) is 10.4. The number of nitrogens with zero attached hydrogens (tertiary/aromatic N) is 5. The Bertz CT molecular complexity index is 1250. The van der Waals surface area contributed by atoms with E-state index in [-0.39, 0.29) is 5.41 Å². The van der Waals surface area contributed by atoms with Gasteiger partial charge >= 0.3 is 0 Å². The maximum atomic E-state index is 9.39. The molecule has 3 aromatic rings. The molecule has 0 amide bonds. The molecule has 1 saturated heterocycles. The number of nitrogens with two attached hydrogens (primary N) is 1. The molecule has 9 heteroatoms. The molecule has 206 valence electrons. The minimum atomic E-state index is 0.225. The van der Waals surface area contributed by atoms with Crippen LogP contribution in [0.2, 0.25) is 0 Å². The molecule has 0 spiro atoms. The van der Waals surface area contributed by atoms with Crippen molar-refractivity contribution >= 4 is 0 Å². The van der Waals surface area contributed by atoms with E-state index in [0.29, 0.717) is 55.0 Å². The Morgan fingerprint density at radius 2 is 1.92 bits per heavy atom. The Labute approximate surface area is 230 Å². The average molecular weight is 531 g/mol. The summed E-state index contributed by atoms with van der Waals surface area (Å²) < 4.78 is 17.9. The van der Waals surface area contributed by atoms with Crippen molar-refractivity contribution in [3.63, 3.8) is 0 Å². The smallest absolute Gasteiger partial charge is 0.216 e. The van der Waals surface area contributed by atoms with E-state index in [0.717, 1.165) is 55.7 Å². The number of nitriles is 1. The maximum Gasteiger partial charge on any atom is 0.216 e. The predicted molar refractivity (Wildman–Crippen MR) is 148 cm³/mol. The van der Waals surface area contributed by atoms with Crippen molar-refractivity contribution in [1.29, 1.82) is 5.26 Å². The lowest BCUT2D eigenvalue weighted by Gasteiger charge is -2.27. The Morgan fingerprint density at radius 3 is 2.72 bits per heavy atom. The van der Waals surface area contributed by atoms with Crippen molar-refractivity contribution in [3.05, 3.63) is 59.3 Å². The highest BCUT2D eigenvalue weighted by Gasteiger charge is 2.25. The van der Waals surface area contributed by atoms with Crippen LogP contribution in [-0.4, -0.2) is 52.9 Å². The van der Waals surface area contributed by atoms with Gasteiger partial charge in [-0.05, 0) is 74.8 Å². The molecule has 2 aromatic heterocycles. The summed E-state index contributed by atoms with van der Waals surface area (Å²) in [6.07, 6.45) is 10.4. The molecule has 0 aliphatic carbocycles. The molecule has 2 N–H and O–H groups in total. The molecule has 1 atom stereocenters. The Balaban J connectivity index is 1.34. The van der Waals surface area contributed by atoms with Gasteiger partial charge in [-0.15, -0.1) is 0 Å². The van der Waals surface area contributed by atoms with Gasteiger partial charge in [0.05, 0.1) is 42.7 Å². The predicted octanol–water partition coefficient (Wildman–Crippen LogP) is 4.60. The van der Waals surface area contributed by atoms with E-state index >= 15 is 0 Å². The van der Waals surface area contributed by atoms with E-state index in [4.69, 9.17) is 19.9 Å². The number of hydrogen-bond acceptors (Lipinski definition) is 9. The zero-order valence-electron chi connectivity index (χ0n) is 23.0. The average Bonchev–Trinajstić information content (AvgIpc) is 3.16. The van der Waals surface area contributed by atoms with E-state index in [1.165, 1.54) is 12.8 Å². The fraction of sp³-hybridized carbons (Fsp3) is 0.500. The topological polar surface area (TPSA) is 129 Å². The van der Waals surface area contributed by atoms with E-state index in [9.17, 15) is 5.26 Å². The zero-order chi connectivity index (χ0) is 27.5. The first-order chi connectivity index (χ1) is 19.0. The van der Waals surface area contributed by atoms with Crippen molar-refractivity contribution in [2.24, 2.45) is 11.1 Å². The van der Waals surface area contributed by atoms with E-state index in [1.54, 1.807) is 24.5 Å². The lowest BCUT2D eigenvalue weighted by molar-refractivity contribution is 0.0614. The van der Waals surface area contributed by atoms with Gasteiger partial charge in [-0.3, -0.25) is 0 Å². The largest absolute Gasteiger partial charge is 0.492 e. The summed E-state index contributed by atoms with van der Waals surface area (Å²) in [4.78, 5) is 18.0. The first-order valence-electron chi connectivity index (χ1n) is 13.7. The highest BCUT2D eigenvalue weighted by atomic mass is 16.5. The molecule has 1 aliphatic heterocycles. The van der Waals surface area contributed by atoms with Crippen LogP contribution in [0.4, 0.5) is 0 Å². The summed E-state index contributed by atoms with van der Waals surface area (Å²) in [7, 11) is 0. The minimum absolute atomic E-state index is 0.225. The van der Waals surface area contributed by atoms with Gasteiger partial charge < -0.3 is 19.9 Å². The van der Waals surface area contributed by atoms with Crippen LogP contribution >= 0.6 is 0 Å². The van der Waals surface area contributed by atoms with Gasteiger partial charge in [0.15, 0.2) is 5.82 Å². The monoisotopic (exact) mass is 530 g/mol. The molecule has 1 unspecified atom stereocenters. The van der Waals surface area contributed by atoms with Crippen molar-refractivity contribution in [1.82, 2.24) is 19.9 Å². The van der Waals surface area contributed by atoms with Crippen molar-refractivity contribution in [3.8, 4) is 29.1 Å². The van der Waals surface area contributed by atoms with Crippen molar-refractivity contribution < 1.29 is 14.2 Å². The number of aromatic nitrogens is 4. The standard InChI is InChI=1S/C30H38N6O3/c1-22-35-25(17-28(36-22)39-14-5-11-30(2)10-3-4-13-37-21-30)9-15-38-27-16-23(18-32)6-7-26(27)29-33-19-24(8-12-31)20-34-29/h6-7,16-17,19-20H,3-5,8-15,21,31H2,1-2H3. The molecule has 3 heterocycles. The van der Waals surface area contributed by atoms with Crippen LogP contribution in [0.5, 0.6) is 11.6 Å². The molecule has 39 heavy (non-hydrogen) atoms. The minimum Gasteiger partial charge on any atom is -0.492 e. The van der Waals surface area contributed by atoms with Crippen molar-refractivity contribution in [2.45, 2.75) is 58.8 Å². The highest BCUT2D eigenvalue weighted by Crippen LogP contribution is 2.32. The van der Waals surface area contributed by atoms with Crippen LogP contribution in [0.3, 0.4) is 0 Å². The van der Waals surface area contributed by atoms with Crippen LogP contribution in [0.25, 0.3) is 11.4 Å². The molecule has 1 fully saturated rings. The summed E-state index contributed by atoms with van der Waals surface area (Å²) >= 11 is 0. The molecule has 4 rings (SSSR count). The summed E-state index contributed by atoms with van der Waals surface area (Å²) in [5.74, 6) is 2.33. The molecule has 1 aromatic carbocycles. The number of hydrogen-bond donors (Lipinski definition) is 1. The Kier molecular flexibility index (Phi) is 10.2. The second kappa shape index (κ2) is 14.0. The summed E-state index contributed by atoms with van der Waals surface area (Å²) in [6.45, 7) is 7.39. The number of rotatable bonds is 12. The maximum absolute atomic E-state index is 9.39. The second-order valence-electron chi connectivity index (χ2n) is 10.4. The van der Waals surface area contributed by atoms with E-state index < -0.39 is 0 Å². The molecule has 1 aliphatic rings. The van der Waals surface area contributed by atoms with Gasteiger partial charge in [0.1, 0.15) is 11.6 Å². The van der Waals surface area contributed by atoms with Crippen LogP contribution in [0, 0.1) is 23.7 Å². The summed E-state index contributed by atoms with van der Waals surface area (Å²) in [5, 5.41) is 9.39. The molecule has 9 nitrogen and oxygen atoms in total.